The number of rotatable bonds is 1. The maximum Gasteiger partial charge on any atom is 0.327 e. The first-order valence-electron chi connectivity index (χ1n) is 4.75. The molecule has 0 aliphatic carbocycles. The van der Waals surface area contributed by atoms with Gasteiger partial charge in [0.15, 0.2) is 0 Å². The van der Waals surface area contributed by atoms with Crippen LogP contribution in [0, 0.1) is 6.57 Å². The first-order chi connectivity index (χ1) is 7.76. The van der Waals surface area contributed by atoms with Crippen LogP contribution in [0.4, 0.5) is 5.69 Å². The quantitative estimate of drug-likeness (QED) is 0.535. The number of hydrogen-bond donors (Lipinski definition) is 0. The minimum Gasteiger partial charge on any atom is -0.466 e. The van der Waals surface area contributed by atoms with E-state index in [0.717, 1.165) is 10.8 Å². The van der Waals surface area contributed by atoms with E-state index < -0.39 is 5.97 Å². The van der Waals surface area contributed by atoms with E-state index in [1.54, 1.807) is 12.1 Å². The van der Waals surface area contributed by atoms with Crippen molar-refractivity contribution in [3.63, 3.8) is 0 Å². The summed E-state index contributed by atoms with van der Waals surface area (Å²) in [5.74, 6) is -0.475. The molecule has 78 valence electrons. The van der Waals surface area contributed by atoms with Crippen LogP contribution in [0.15, 0.2) is 36.4 Å². The fraction of sp³-hybridized carbons (Fsp3) is 0.0769. The predicted molar refractivity (Wildman–Crippen MR) is 61.5 cm³/mol. The van der Waals surface area contributed by atoms with Crippen molar-refractivity contribution in [1.82, 2.24) is 0 Å². The number of ether oxygens (including phenoxy) is 1. The molecule has 3 nitrogen and oxygen atoms in total. The van der Waals surface area contributed by atoms with Crippen molar-refractivity contribution >= 4 is 22.4 Å². The molecule has 0 bridgehead atoms. The van der Waals surface area contributed by atoms with Gasteiger partial charge in [0.2, 0.25) is 5.69 Å². The topological polar surface area (TPSA) is 30.7 Å². The minimum atomic E-state index is -0.475. The van der Waals surface area contributed by atoms with Crippen molar-refractivity contribution in [2.24, 2.45) is 0 Å². The van der Waals surface area contributed by atoms with Crippen LogP contribution in [0.1, 0.15) is 10.4 Å². The third kappa shape index (κ3) is 1.61. The molecule has 0 saturated carbocycles. The first kappa shape index (κ1) is 10.2. The van der Waals surface area contributed by atoms with Crippen LogP contribution >= 0.6 is 0 Å². The third-order valence-corrected chi connectivity index (χ3v) is 2.39. The number of carbonyl (C=O) groups is 1. The molecule has 0 heterocycles. The molecular formula is C13H9NO2. The van der Waals surface area contributed by atoms with Gasteiger partial charge >= 0.3 is 5.97 Å². The maximum atomic E-state index is 11.5. The predicted octanol–water partition coefficient (Wildman–Crippen LogP) is 3.18. The zero-order chi connectivity index (χ0) is 11.5. The lowest BCUT2D eigenvalue weighted by molar-refractivity contribution is 0.0602. The Hall–Kier alpha value is -2.34. The Morgan fingerprint density at radius 2 is 1.88 bits per heavy atom. The van der Waals surface area contributed by atoms with E-state index in [2.05, 4.69) is 9.58 Å². The largest absolute Gasteiger partial charge is 0.466 e. The Kier molecular flexibility index (Phi) is 2.57. The second kappa shape index (κ2) is 4.03. The maximum absolute atomic E-state index is 11.5. The van der Waals surface area contributed by atoms with Crippen LogP contribution in [0.2, 0.25) is 0 Å². The lowest BCUT2D eigenvalue weighted by atomic mass is 10.1. The van der Waals surface area contributed by atoms with Crippen molar-refractivity contribution in [3.05, 3.63) is 53.4 Å². The number of methoxy groups -OCH3 is 1. The molecule has 16 heavy (non-hydrogen) atoms. The monoisotopic (exact) mass is 211 g/mol. The summed E-state index contributed by atoms with van der Waals surface area (Å²) < 4.78 is 4.65. The average Bonchev–Trinajstić information content (AvgIpc) is 2.36. The van der Waals surface area contributed by atoms with Gasteiger partial charge in [0.1, 0.15) is 0 Å². The Morgan fingerprint density at radius 1 is 1.25 bits per heavy atom. The second-order valence-electron chi connectivity index (χ2n) is 3.32. The molecule has 0 atom stereocenters. The normalized spacial score (nSPS) is 9.75. The van der Waals surface area contributed by atoms with Gasteiger partial charge in [-0.2, -0.15) is 0 Å². The average molecular weight is 211 g/mol. The highest BCUT2D eigenvalue weighted by Crippen LogP contribution is 2.26. The SMILES string of the molecule is [C-]#[N+]c1cc2ccccc2cc1C(=O)OC. The van der Waals surface area contributed by atoms with Crippen LogP contribution < -0.4 is 0 Å². The highest BCUT2D eigenvalue weighted by atomic mass is 16.5. The van der Waals surface area contributed by atoms with E-state index in [0.29, 0.717) is 11.3 Å². The van der Waals surface area contributed by atoms with E-state index in [1.807, 2.05) is 24.3 Å². The fourth-order valence-electron chi connectivity index (χ4n) is 1.59. The molecule has 0 aliphatic rings. The molecule has 0 radical (unpaired) electrons. The van der Waals surface area contributed by atoms with E-state index >= 15 is 0 Å². The van der Waals surface area contributed by atoms with Crippen LogP contribution in [0.3, 0.4) is 0 Å². The summed E-state index contributed by atoms with van der Waals surface area (Å²) in [5.41, 5.74) is 0.641. The zero-order valence-corrected chi connectivity index (χ0v) is 8.73. The van der Waals surface area contributed by atoms with Crippen LogP contribution in [-0.2, 0) is 4.74 Å². The Bertz CT molecular complexity index is 596. The third-order valence-electron chi connectivity index (χ3n) is 2.39. The van der Waals surface area contributed by atoms with E-state index in [9.17, 15) is 4.79 Å². The van der Waals surface area contributed by atoms with Crippen molar-refractivity contribution in [1.29, 1.82) is 0 Å². The number of esters is 1. The molecular weight excluding hydrogens is 202 g/mol. The minimum absolute atomic E-state index is 0.316. The van der Waals surface area contributed by atoms with Gasteiger partial charge in [-0.15, -0.1) is 0 Å². The fourth-order valence-corrected chi connectivity index (χ4v) is 1.59. The Labute approximate surface area is 93.1 Å². The van der Waals surface area contributed by atoms with Gasteiger partial charge in [-0.3, -0.25) is 0 Å². The second-order valence-corrected chi connectivity index (χ2v) is 3.32. The molecule has 0 aromatic heterocycles. The standard InChI is InChI=1S/C13H9NO2/c1-14-12-8-10-6-4-3-5-9(10)7-11(12)13(15)16-2/h3-8H,2H3. The summed E-state index contributed by atoms with van der Waals surface area (Å²) >= 11 is 0. The molecule has 3 heteroatoms. The summed E-state index contributed by atoms with van der Waals surface area (Å²) in [7, 11) is 1.31. The molecule has 0 spiro atoms. The van der Waals surface area contributed by atoms with Gasteiger partial charge in [0, 0.05) is 0 Å². The van der Waals surface area contributed by atoms with Crippen LogP contribution in [0.25, 0.3) is 15.6 Å². The molecule has 2 aromatic rings. The number of nitrogens with zero attached hydrogens (tertiary/aromatic N) is 1. The molecule has 2 rings (SSSR count). The summed E-state index contributed by atoms with van der Waals surface area (Å²) in [6, 6.07) is 11.0. The van der Waals surface area contributed by atoms with E-state index in [4.69, 9.17) is 6.57 Å². The summed E-state index contributed by atoms with van der Waals surface area (Å²) in [6.07, 6.45) is 0. The Morgan fingerprint density at radius 3 is 2.44 bits per heavy atom. The molecule has 0 N–H and O–H groups in total. The zero-order valence-electron chi connectivity index (χ0n) is 8.73. The highest BCUT2D eigenvalue weighted by Gasteiger charge is 2.12. The van der Waals surface area contributed by atoms with Gasteiger partial charge in [-0.1, -0.05) is 30.3 Å². The molecule has 0 amide bonds. The Balaban J connectivity index is 2.73. The van der Waals surface area contributed by atoms with Gasteiger partial charge in [-0.05, 0) is 16.8 Å². The highest BCUT2D eigenvalue weighted by molar-refractivity contribution is 6.01. The first-order valence-corrected chi connectivity index (χ1v) is 4.75. The smallest absolute Gasteiger partial charge is 0.327 e. The van der Waals surface area contributed by atoms with Gasteiger partial charge in [0.05, 0.1) is 19.2 Å². The van der Waals surface area contributed by atoms with Crippen molar-refractivity contribution in [2.45, 2.75) is 0 Å². The molecule has 2 aromatic carbocycles. The number of carbonyl (C=O) groups excluding carboxylic acids is 1. The van der Waals surface area contributed by atoms with Gasteiger partial charge in [-0.25, -0.2) is 9.64 Å². The molecule has 0 unspecified atom stereocenters. The number of hydrogen-bond acceptors (Lipinski definition) is 2. The van der Waals surface area contributed by atoms with Crippen molar-refractivity contribution in [3.8, 4) is 0 Å². The summed E-state index contributed by atoms with van der Waals surface area (Å²) in [4.78, 5) is 14.8. The van der Waals surface area contributed by atoms with E-state index in [1.165, 1.54) is 7.11 Å². The van der Waals surface area contributed by atoms with E-state index in [-0.39, 0.29) is 0 Å². The number of benzene rings is 2. The number of fused-ring (bicyclic) bond motifs is 1. The van der Waals surface area contributed by atoms with Crippen LogP contribution in [0.5, 0.6) is 0 Å². The van der Waals surface area contributed by atoms with Crippen LogP contribution in [-0.4, -0.2) is 13.1 Å². The molecule has 0 fully saturated rings. The van der Waals surface area contributed by atoms with Crippen molar-refractivity contribution < 1.29 is 9.53 Å². The molecule has 0 saturated heterocycles. The van der Waals surface area contributed by atoms with Gasteiger partial charge < -0.3 is 4.74 Å². The van der Waals surface area contributed by atoms with Crippen molar-refractivity contribution in [2.75, 3.05) is 7.11 Å². The molecule has 0 aliphatic heterocycles. The lowest BCUT2D eigenvalue weighted by Gasteiger charge is -2.04. The lowest BCUT2D eigenvalue weighted by Crippen LogP contribution is -2.01. The summed E-state index contributed by atoms with van der Waals surface area (Å²) in [6.45, 7) is 7.05. The van der Waals surface area contributed by atoms with Gasteiger partial charge in [0.25, 0.3) is 0 Å². The summed E-state index contributed by atoms with van der Waals surface area (Å²) in [5, 5.41) is 1.87.